The number of hydrogen-bond acceptors (Lipinski definition) is 6. The third-order valence-electron chi connectivity index (χ3n) is 4.12. The Morgan fingerprint density at radius 1 is 1.38 bits per heavy atom. The molecule has 142 valence electrons. The molecule has 0 radical (unpaired) electrons. The summed E-state index contributed by atoms with van der Waals surface area (Å²) >= 11 is 0. The highest BCUT2D eigenvalue weighted by Gasteiger charge is 2.44. The minimum atomic E-state index is -3.94. The van der Waals surface area contributed by atoms with Crippen molar-refractivity contribution < 1.29 is 22.7 Å². The van der Waals surface area contributed by atoms with E-state index < -0.39 is 28.1 Å². The number of azide groups is 1. The summed E-state index contributed by atoms with van der Waals surface area (Å²) in [6.45, 7) is 2.55. The zero-order chi connectivity index (χ0) is 19.2. The zero-order valence-electron chi connectivity index (χ0n) is 14.7. The van der Waals surface area contributed by atoms with Gasteiger partial charge in [-0.3, -0.25) is 4.79 Å². The van der Waals surface area contributed by atoms with E-state index in [1.54, 1.807) is 12.1 Å². The molecule has 9 nitrogen and oxygen atoms in total. The molecule has 1 aliphatic rings. The van der Waals surface area contributed by atoms with Gasteiger partial charge in [-0.1, -0.05) is 18.5 Å². The second-order valence-electron chi connectivity index (χ2n) is 5.88. The summed E-state index contributed by atoms with van der Waals surface area (Å²) in [5, 5.41) is 3.55. The van der Waals surface area contributed by atoms with E-state index in [0.29, 0.717) is 12.4 Å². The fourth-order valence-electron chi connectivity index (χ4n) is 2.73. The Hall–Kier alpha value is -2.29. The van der Waals surface area contributed by atoms with Crippen molar-refractivity contribution in [2.75, 3.05) is 20.3 Å². The number of rotatable bonds is 8. The van der Waals surface area contributed by atoms with Gasteiger partial charge in [0.25, 0.3) is 0 Å². The largest absolute Gasteiger partial charge is 0.494 e. The summed E-state index contributed by atoms with van der Waals surface area (Å²) in [7, 11) is -2.75. The van der Waals surface area contributed by atoms with Crippen LogP contribution in [0.25, 0.3) is 10.4 Å². The molecule has 0 aliphatic carbocycles. The van der Waals surface area contributed by atoms with Gasteiger partial charge in [-0.25, -0.2) is 8.42 Å². The minimum Gasteiger partial charge on any atom is -0.494 e. The van der Waals surface area contributed by atoms with Crippen molar-refractivity contribution in [1.29, 1.82) is 0 Å². The Kier molecular flexibility index (Phi) is 6.84. The van der Waals surface area contributed by atoms with Gasteiger partial charge in [0.2, 0.25) is 10.0 Å². The predicted molar refractivity (Wildman–Crippen MR) is 94.1 cm³/mol. The van der Waals surface area contributed by atoms with Crippen LogP contribution in [0.15, 0.2) is 34.3 Å². The Bertz CT molecular complexity index is 774. The topological polar surface area (TPSA) is 122 Å². The van der Waals surface area contributed by atoms with Crippen molar-refractivity contribution >= 4 is 16.0 Å². The molecule has 2 atom stereocenters. The molecule has 2 rings (SSSR count). The summed E-state index contributed by atoms with van der Waals surface area (Å²) < 4.78 is 37.1. The molecule has 1 aliphatic heterocycles. The van der Waals surface area contributed by atoms with Crippen molar-refractivity contribution in [2.24, 2.45) is 5.11 Å². The first-order chi connectivity index (χ1) is 12.4. The molecule has 0 saturated carbocycles. The molecule has 0 aromatic heterocycles. The van der Waals surface area contributed by atoms with Crippen LogP contribution in [-0.2, 0) is 19.6 Å². The van der Waals surface area contributed by atoms with Crippen LogP contribution in [0.4, 0.5) is 0 Å². The average Bonchev–Trinajstić information content (AvgIpc) is 3.07. The first kappa shape index (κ1) is 20.0. The predicted octanol–water partition coefficient (Wildman–Crippen LogP) is 2.48. The average molecular weight is 382 g/mol. The zero-order valence-corrected chi connectivity index (χ0v) is 15.6. The number of carbonyl (C=O) groups is 1. The first-order valence-corrected chi connectivity index (χ1v) is 9.74. The number of esters is 1. The highest BCUT2D eigenvalue weighted by atomic mass is 32.2. The summed E-state index contributed by atoms with van der Waals surface area (Å²) in [5.74, 6) is -0.0981. The Labute approximate surface area is 152 Å². The summed E-state index contributed by atoms with van der Waals surface area (Å²) in [5.41, 5.74) is 8.59. The van der Waals surface area contributed by atoms with Crippen LogP contribution in [0, 0.1) is 0 Å². The molecule has 0 unspecified atom stereocenters. The highest BCUT2D eigenvalue weighted by molar-refractivity contribution is 7.89. The number of methoxy groups -OCH3 is 1. The lowest BCUT2D eigenvalue weighted by molar-refractivity contribution is -0.144. The van der Waals surface area contributed by atoms with Gasteiger partial charge in [0.15, 0.2) is 0 Å². The molecular weight excluding hydrogens is 360 g/mol. The monoisotopic (exact) mass is 382 g/mol. The summed E-state index contributed by atoms with van der Waals surface area (Å²) in [4.78, 5) is 14.7. The molecule has 1 fully saturated rings. The van der Waals surface area contributed by atoms with E-state index in [2.05, 4.69) is 16.9 Å². The van der Waals surface area contributed by atoms with Gasteiger partial charge >= 0.3 is 5.97 Å². The molecule has 1 aromatic carbocycles. The van der Waals surface area contributed by atoms with Crippen molar-refractivity contribution in [3.05, 3.63) is 34.7 Å². The number of carbonyl (C=O) groups excluding carboxylic acids is 1. The minimum absolute atomic E-state index is 0.0378. The fourth-order valence-corrected chi connectivity index (χ4v) is 4.36. The molecule has 1 heterocycles. The van der Waals surface area contributed by atoms with Gasteiger partial charge in [-0.2, -0.15) is 4.31 Å². The van der Waals surface area contributed by atoms with Crippen LogP contribution < -0.4 is 4.74 Å². The number of benzene rings is 1. The standard InChI is InChI=1S/C16H22N4O5S/c1-3-4-9-25-13-5-7-14(8-6-13)26(22,23)20-11-12(18-19-17)10-15(20)16(21)24-2/h5-8,12,15H,3-4,9-11H2,1-2H3/t12-,15+/m0/s1. The van der Waals surface area contributed by atoms with E-state index in [1.165, 1.54) is 19.2 Å². The number of unbranched alkanes of at least 4 members (excludes halogenated alkanes) is 1. The van der Waals surface area contributed by atoms with E-state index in [0.717, 1.165) is 17.1 Å². The Morgan fingerprint density at radius 3 is 2.65 bits per heavy atom. The van der Waals surface area contributed by atoms with Crippen molar-refractivity contribution in [1.82, 2.24) is 4.31 Å². The van der Waals surface area contributed by atoms with Crippen LogP contribution in [0.3, 0.4) is 0 Å². The molecule has 26 heavy (non-hydrogen) atoms. The van der Waals surface area contributed by atoms with Gasteiger partial charge in [-0.05, 0) is 42.6 Å². The quantitative estimate of drug-likeness (QED) is 0.225. The molecule has 0 spiro atoms. The first-order valence-electron chi connectivity index (χ1n) is 8.30. The number of hydrogen-bond donors (Lipinski definition) is 0. The third kappa shape index (κ3) is 4.46. The van der Waals surface area contributed by atoms with E-state index >= 15 is 0 Å². The smallest absolute Gasteiger partial charge is 0.324 e. The number of ether oxygens (including phenoxy) is 2. The maximum absolute atomic E-state index is 12.9. The van der Waals surface area contributed by atoms with Gasteiger partial charge in [0.05, 0.1) is 24.7 Å². The summed E-state index contributed by atoms with van der Waals surface area (Å²) in [6.07, 6.45) is 2.01. The maximum atomic E-state index is 12.9. The SMILES string of the molecule is CCCCOc1ccc(S(=O)(=O)N2C[C@@H](N=[N+]=[N-])C[C@@H]2C(=O)OC)cc1. The van der Waals surface area contributed by atoms with Crippen LogP contribution in [-0.4, -0.2) is 51.0 Å². The van der Waals surface area contributed by atoms with Crippen LogP contribution >= 0.6 is 0 Å². The normalized spacial score (nSPS) is 20.4. The van der Waals surface area contributed by atoms with Gasteiger partial charge in [0, 0.05) is 11.5 Å². The molecule has 10 heteroatoms. The number of sulfonamides is 1. The van der Waals surface area contributed by atoms with E-state index in [4.69, 9.17) is 15.0 Å². The van der Waals surface area contributed by atoms with Crippen molar-refractivity contribution in [3.63, 3.8) is 0 Å². The highest BCUT2D eigenvalue weighted by Crippen LogP contribution is 2.29. The summed E-state index contributed by atoms with van der Waals surface area (Å²) in [6, 6.07) is 4.40. The van der Waals surface area contributed by atoms with Gasteiger partial charge < -0.3 is 9.47 Å². The van der Waals surface area contributed by atoms with Crippen molar-refractivity contribution in [2.45, 2.75) is 43.2 Å². The Morgan fingerprint density at radius 2 is 2.08 bits per heavy atom. The molecular formula is C16H22N4O5S. The lowest BCUT2D eigenvalue weighted by Gasteiger charge is -2.22. The third-order valence-corrected chi connectivity index (χ3v) is 6.01. The molecule has 0 amide bonds. The molecule has 1 saturated heterocycles. The molecule has 0 N–H and O–H groups in total. The van der Waals surface area contributed by atoms with E-state index in [-0.39, 0.29) is 17.9 Å². The van der Waals surface area contributed by atoms with E-state index in [9.17, 15) is 13.2 Å². The second kappa shape index (κ2) is 8.88. The fraction of sp³-hybridized carbons (Fsp3) is 0.562. The molecule has 1 aromatic rings. The molecule has 0 bridgehead atoms. The Balaban J connectivity index is 2.23. The van der Waals surface area contributed by atoms with Crippen LogP contribution in [0.2, 0.25) is 0 Å². The maximum Gasteiger partial charge on any atom is 0.324 e. The van der Waals surface area contributed by atoms with Gasteiger partial charge in [-0.15, -0.1) is 0 Å². The van der Waals surface area contributed by atoms with Crippen LogP contribution in [0.1, 0.15) is 26.2 Å². The van der Waals surface area contributed by atoms with E-state index in [1.807, 2.05) is 0 Å². The van der Waals surface area contributed by atoms with Crippen molar-refractivity contribution in [3.8, 4) is 5.75 Å². The lowest BCUT2D eigenvalue weighted by atomic mass is 10.2. The number of nitrogens with zero attached hydrogens (tertiary/aromatic N) is 4. The van der Waals surface area contributed by atoms with Crippen LogP contribution in [0.5, 0.6) is 5.75 Å². The second-order valence-corrected chi connectivity index (χ2v) is 7.77. The van der Waals surface area contributed by atoms with Gasteiger partial charge in [0.1, 0.15) is 11.8 Å². The lowest BCUT2D eigenvalue weighted by Crippen LogP contribution is -2.41.